The number of hydrogen-bond donors (Lipinski definition) is 1. The van der Waals surface area contributed by atoms with Crippen LogP contribution in [0.2, 0.25) is 0 Å². The molecule has 5 heteroatoms. The van der Waals surface area contributed by atoms with Gasteiger partial charge in [-0.1, -0.05) is 65.7 Å². The fourth-order valence-corrected chi connectivity index (χ4v) is 3.42. The van der Waals surface area contributed by atoms with Gasteiger partial charge in [-0.2, -0.15) is 0 Å². The summed E-state index contributed by atoms with van der Waals surface area (Å²) in [4.78, 5) is 13.9. The lowest BCUT2D eigenvalue weighted by Gasteiger charge is -2.44. The summed E-state index contributed by atoms with van der Waals surface area (Å²) >= 11 is 0. The highest BCUT2D eigenvalue weighted by molar-refractivity contribution is 5.87. The number of alkyl halides is 2. The molecular formula is C19H36F2N2O. The summed E-state index contributed by atoms with van der Waals surface area (Å²) in [5.74, 6) is -2.85. The predicted octanol–water partition coefficient (Wildman–Crippen LogP) is 4.75. The summed E-state index contributed by atoms with van der Waals surface area (Å²) in [6.45, 7) is 6.08. The molecule has 1 fully saturated rings. The second-order valence-electron chi connectivity index (χ2n) is 7.21. The van der Waals surface area contributed by atoms with Crippen molar-refractivity contribution in [3.63, 3.8) is 0 Å². The van der Waals surface area contributed by atoms with Crippen molar-refractivity contribution in [2.24, 2.45) is 0 Å². The maximum atomic E-state index is 13.0. The second-order valence-corrected chi connectivity index (χ2v) is 7.21. The fourth-order valence-electron chi connectivity index (χ4n) is 3.42. The van der Waals surface area contributed by atoms with Crippen molar-refractivity contribution in [3.05, 3.63) is 0 Å². The molecule has 0 aromatic rings. The third-order valence-electron chi connectivity index (χ3n) is 5.24. The van der Waals surface area contributed by atoms with Gasteiger partial charge in [-0.05, 0) is 25.8 Å². The van der Waals surface area contributed by atoms with Crippen LogP contribution in [-0.4, -0.2) is 41.9 Å². The van der Waals surface area contributed by atoms with Crippen LogP contribution in [0, 0.1) is 0 Å². The molecule has 1 amide bonds. The number of hydrogen-bond acceptors (Lipinski definition) is 2. The standard InChI is InChI=1S/C19H36F2N2O/c1-4-7-8-9-10-11-12-13-14-22-18(5-2,6-3)17(24)23-15-19(20,21)16-23/h22H,4-16H2,1-3H3. The van der Waals surface area contributed by atoms with E-state index in [9.17, 15) is 13.6 Å². The van der Waals surface area contributed by atoms with Gasteiger partial charge in [0.05, 0.1) is 18.6 Å². The van der Waals surface area contributed by atoms with E-state index in [1.807, 2.05) is 13.8 Å². The van der Waals surface area contributed by atoms with Crippen LogP contribution in [0.5, 0.6) is 0 Å². The maximum Gasteiger partial charge on any atom is 0.282 e. The number of amides is 1. The van der Waals surface area contributed by atoms with Crippen molar-refractivity contribution >= 4 is 5.91 Å². The summed E-state index contributed by atoms with van der Waals surface area (Å²) in [7, 11) is 0. The molecule has 142 valence electrons. The number of carbonyl (C=O) groups is 1. The first-order chi connectivity index (χ1) is 11.4. The number of carbonyl (C=O) groups excluding carboxylic acids is 1. The Bertz CT molecular complexity index is 362. The molecule has 0 aromatic heterocycles. The molecule has 3 nitrogen and oxygen atoms in total. The average molecular weight is 347 g/mol. The summed E-state index contributed by atoms with van der Waals surface area (Å²) in [5, 5.41) is 3.38. The van der Waals surface area contributed by atoms with E-state index in [4.69, 9.17) is 0 Å². The summed E-state index contributed by atoms with van der Waals surface area (Å²) in [5.41, 5.74) is -0.669. The van der Waals surface area contributed by atoms with E-state index >= 15 is 0 Å². The van der Waals surface area contributed by atoms with Crippen molar-refractivity contribution in [1.29, 1.82) is 0 Å². The van der Waals surface area contributed by atoms with Crippen LogP contribution in [0.25, 0.3) is 0 Å². The van der Waals surface area contributed by atoms with Gasteiger partial charge in [0.15, 0.2) is 0 Å². The molecule has 1 N–H and O–H groups in total. The van der Waals surface area contributed by atoms with Crippen LogP contribution < -0.4 is 5.32 Å². The summed E-state index contributed by atoms with van der Waals surface area (Å²) in [6.07, 6.45) is 11.3. The number of halogens is 2. The van der Waals surface area contributed by atoms with Crippen LogP contribution in [0.1, 0.15) is 85.0 Å². The zero-order valence-electron chi connectivity index (χ0n) is 15.8. The molecule has 0 atom stereocenters. The zero-order valence-corrected chi connectivity index (χ0v) is 15.8. The first-order valence-corrected chi connectivity index (χ1v) is 9.83. The minimum atomic E-state index is -2.69. The Hall–Kier alpha value is -0.710. The van der Waals surface area contributed by atoms with Crippen LogP contribution >= 0.6 is 0 Å². The molecular weight excluding hydrogens is 310 g/mol. The average Bonchev–Trinajstić information content (AvgIpc) is 2.54. The molecule has 1 aliphatic heterocycles. The minimum absolute atomic E-state index is 0.155. The Morgan fingerprint density at radius 2 is 1.46 bits per heavy atom. The molecule has 0 spiro atoms. The van der Waals surface area contributed by atoms with Crippen molar-refractivity contribution in [1.82, 2.24) is 10.2 Å². The highest BCUT2D eigenvalue weighted by Crippen LogP contribution is 2.30. The van der Waals surface area contributed by atoms with Gasteiger partial charge in [0.2, 0.25) is 5.91 Å². The minimum Gasteiger partial charge on any atom is -0.329 e. The maximum absolute atomic E-state index is 13.0. The summed E-state index contributed by atoms with van der Waals surface area (Å²) in [6, 6.07) is 0. The Morgan fingerprint density at radius 1 is 0.958 bits per heavy atom. The number of unbranched alkanes of at least 4 members (excludes halogenated alkanes) is 7. The lowest BCUT2D eigenvalue weighted by molar-refractivity contribution is -0.172. The second kappa shape index (κ2) is 10.3. The molecule has 0 unspecified atom stereocenters. The highest BCUT2D eigenvalue weighted by Gasteiger charge is 2.50. The molecule has 1 saturated heterocycles. The Kier molecular flexibility index (Phi) is 9.17. The predicted molar refractivity (Wildman–Crippen MR) is 95.5 cm³/mol. The summed E-state index contributed by atoms with van der Waals surface area (Å²) < 4.78 is 26.1. The number of likely N-dealkylation sites (tertiary alicyclic amines) is 1. The molecule has 1 heterocycles. The SMILES string of the molecule is CCCCCCCCCCNC(CC)(CC)C(=O)N1CC(F)(F)C1. The van der Waals surface area contributed by atoms with E-state index in [0.29, 0.717) is 12.8 Å². The molecule has 0 aromatic carbocycles. The van der Waals surface area contributed by atoms with E-state index in [1.54, 1.807) is 0 Å². The van der Waals surface area contributed by atoms with Gasteiger partial charge in [-0.25, -0.2) is 8.78 Å². The number of nitrogens with one attached hydrogen (secondary N) is 1. The fraction of sp³-hybridized carbons (Fsp3) is 0.947. The molecule has 0 aliphatic carbocycles. The number of rotatable bonds is 13. The van der Waals surface area contributed by atoms with E-state index < -0.39 is 24.6 Å². The van der Waals surface area contributed by atoms with Gasteiger partial charge in [0, 0.05) is 0 Å². The smallest absolute Gasteiger partial charge is 0.282 e. The Morgan fingerprint density at radius 3 is 1.92 bits per heavy atom. The molecule has 1 aliphatic rings. The molecule has 0 radical (unpaired) electrons. The Labute approximate surface area is 146 Å². The highest BCUT2D eigenvalue weighted by atomic mass is 19.3. The molecule has 0 bridgehead atoms. The van der Waals surface area contributed by atoms with Crippen molar-refractivity contribution in [3.8, 4) is 0 Å². The monoisotopic (exact) mass is 346 g/mol. The van der Waals surface area contributed by atoms with Gasteiger partial charge in [0.25, 0.3) is 5.92 Å². The van der Waals surface area contributed by atoms with Crippen LogP contribution in [0.3, 0.4) is 0 Å². The zero-order chi connectivity index (χ0) is 18.1. The molecule has 24 heavy (non-hydrogen) atoms. The van der Waals surface area contributed by atoms with Gasteiger partial charge >= 0.3 is 0 Å². The largest absolute Gasteiger partial charge is 0.329 e. The van der Waals surface area contributed by atoms with E-state index in [2.05, 4.69) is 12.2 Å². The normalized spacial score (nSPS) is 17.0. The third-order valence-corrected chi connectivity index (χ3v) is 5.24. The van der Waals surface area contributed by atoms with Gasteiger partial charge in [0.1, 0.15) is 0 Å². The van der Waals surface area contributed by atoms with E-state index in [0.717, 1.165) is 13.0 Å². The van der Waals surface area contributed by atoms with Crippen molar-refractivity contribution in [2.75, 3.05) is 19.6 Å². The van der Waals surface area contributed by atoms with Gasteiger partial charge in [-0.3, -0.25) is 4.79 Å². The van der Waals surface area contributed by atoms with Gasteiger partial charge in [-0.15, -0.1) is 0 Å². The van der Waals surface area contributed by atoms with E-state index in [-0.39, 0.29) is 5.91 Å². The third kappa shape index (κ3) is 6.30. The van der Waals surface area contributed by atoms with E-state index in [1.165, 1.54) is 49.8 Å². The lowest BCUT2D eigenvalue weighted by Crippen LogP contribution is -2.66. The lowest BCUT2D eigenvalue weighted by atomic mass is 9.89. The topological polar surface area (TPSA) is 32.3 Å². The van der Waals surface area contributed by atoms with Crippen molar-refractivity contribution < 1.29 is 13.6 Å². The van der Waals surface area contributed by atoms with Crippen LogP contribution in [0.15, 0.2) is 0 Å². The quantitative estimate of drug-likeness (QED) is 0.488. The molecule has 1 rings (SSSR count). The Balaban J connectivity index is 2.26. The number of nitrogens with zero attached hydrogens (tertiary/aromatic N) is 1. The molecule has 0 saturated carbocycles. The van der Waals surface area contributed by atoms with Crippen LogP contribution in [0.4, 0.5) is 8.78 Å². The first kappa shape index (κ1) is 21.3. The van der Waals surface area contributed by atoms with Crippen molar-refractivity contribution in [2.45, 2.75) is 96.4 Å². The van der Waals surface area contributed by atoms with Gasteiger partial charge < -0.3 is 10.2 Å². The van der Waals surface area contributed by atoms with Crippen LogP contribution in [-0.2, 0) is 4.79 Å². The first-order valence-electron chi connectivity index (χ1n) is 9.83.